The van der Waals surface area contributed by atoms with Gasteiger partial charge in [0.25, 0.3) is 0 Å². The number of alkyl halides is 3. The summed E-state index contributed by atoms with van der Waals surface area (Å²) in [6.45, 7) is 1.76. The first-order valence-electron chi connectivity index (χ1n) is 5.79. The van der Waals surface area contributed by atoms with Gasteiger partial charge in [0.05, 0.1) is 6.42 Å². The number of benzene rings is 1. The molecule has 3 nitrogen and oxygen atoms in total. The van der Waals surface area contributed by atoms with Crippen LogP contribution in [0.1, 0.15) is 18.9 Å². The van der Waals surface area contributed by atoms with Crippen LogP contribution in [0.3, 0.4) is 0 Å². The van der Waals surface area contributed by atoms with Crippen molar-refractivity contribution in [3.63, 3.8) is 0 Å². The number of nitrogens with zero attached hydrogens (tertiary/aromatic N) is 1. The molecule has 1 rings (SSSR count). The van der Waals surface area contributed by atoms with Gasteiger partial charge in [0.2, 0.25) is 0 Å². The van der Waals surface area contributed by atoms with Crippen molar-refractivity contribution in [2.45, 2.75) is 32.1 Å². The highest BCUT2D eigenvalue weighted by Gasteiger charge is 2.29. The Balaban J connectivity index is 2.47. The van der Waals surface area contributed by atoms with E-state index in [1.165, 1.54) is 6.92 Å². The quantitative estimate of drug-likeness (QED) is 0.865. The number of ether oxygens (including phenoxy) is 1. The molecule has 1 aromatic rings. The maximum absolute atomic E-state index is 12.1. The van der Waals surface area contributed by atoms with E-state index in [1.807, 2.05) is 6.07 Å². The van der Waals surface area contributed by atoms with E-state index >= 15 is 0 Å². The molecule has 19 heavy (non-hydrogen) atoms. The molecular weight excluding hydrogens is 257 g/mol. The number of rotatable bonds is 6. The van der Waals surface area contributed by atoms with Crippen LogP contribution in [0.25, 0.3) is 0 Å². The predicted octanol–water partition coefficient (Wildman–Crippen LogP) is 3.02. The van der Waals surface area contributed by atoms with Crippen molar-refractivity contribution in [3.05, 3.63) is 29.8 Å². The third-order valence-corrected chi connectivity index (χ3v) is 2.39. The minimum absolute atomic E-state index is 0.0542. The summed E-state index contributed by atoms with van der Waals surface area (Å²) in [6.07, 6.45) is -5.03. The van der Waals surface area contributed by atoms with Crippen LogP contribution in [0.15, 0.2) is 24.3 Å². The molecule has 0 amide bonds. The average Bonchev–Trinajstić information content (AvgIpc) is 2.32. The lowest BCUT2D eigenvalue weighted by atomic mass is 10.2. The topological polar surface area (TPSA) is 45.0 Å². The van der Waals surface area contributed by atoms with Crippen molar-refractivity contribution in [1.29, 1.82) is 5.26 Å². The summed E-state index contributed by atoms with van der Waals surface area (Å²) in [4.78, 5) is 0. The number of hydrogen-bond acceptors (Lipinski definition) is 3. The van der Waals surface area contributed by atoms with Gasteiger partial charge in [-0.3, -0.25) is 0 Å². The maximum atomic E-state index is 12.1. The van der Waals surface area contributed by atoms with Crippen LogP contribution in [-0.4, -0.2) is 18.8 Å². The van der Waals surface area contributed by atoms with Crippen LogP contribution in [0.2, 0.25) is 0 Å². The van der Waals surface area contributed by atoms with Gasteiger partial charge < -0.3 is 10.1 Å². The number of halogens is 3. The highest BCUT2D eigenvalue weighted by Crippen LogP contribution is 2.21. The fraction of sp³-hybridized carbons (Fsp3) is 0.462. The Kier molecular flexibility index (Phi) is 5.64. The normalized spacial score (nSPS) is 12.8. The summed E-state index contributed by atoms with van der Waals surface area (Å²) >= 11 is 0. The fourth-order valence-electron chi connectivity index (χ4n) is 1.57. The summed E-state index contributed by atoms with van der Waals surface area (Å²) in [7, 11) is 0. The molecule has 1 atom stereocenters. The molecule has 0 aliphatic rings. The van der Waals surface area contributed by atoms with Gasteiger partial charge in [-0.15, -0.1) is 0 Å². The molecule has 1 N–H and O–H groups in total. The molecule has 0 saturated heterocycles. The zero-order valence-corrected chi connectivity index (χ0v) is 10.5. The molecule has 0 aliphatic heterocycles. The van der Waals surface area contributed by atoms with E-state index in [-0.39, 0.29) is 6.61 Å². The van der Waals surface area contributed by atoms with Gasteiger partial charge in [-0.1, -0.05) is 12.1 Å². The largest absolute Gasteiger partial charge is 0.479 e. The van der Waals surface area contributed by atoms with Gasteiger partial charge in [0, 0.05) is 12.6 Å². The first-order chi connectivity index (χ1) is 8.90. The summed E-state index contributed by atoms with van der Waals surface area (Å²) < 4.78 is 41.5. The Morgan fingerprint density at radius 3 is 2.79 bits per heavy atom. The third-order valence-electron chi connectivity index (χ3n) is 2.39. The van der Waals surface area contributed by atoms with Crippen LogP contribution >= 0.6 is 0 Å². The fourth-order valence-corrected chi connectivity index (χ4v) is 1.57. The van der Waals surface area contributed by atoms with Crippen molar-refractivity contribution in [2.24, 2.45) is 0 Å². The molecule has 0 aliphatic carbocycles. The summed E-state index contributed by atoms with van der Waals surface area (Å²) in [5.74, 6) is 0.532. The van der Waals surface area contributed by atoms with E-state index < -0.39 is 18.6 Å². The van der Waals surface area contributed by atoms with E-state index in [9.17, 15) is 13.2 Å². The van der Waals surface area contributed by atoms with Crippen LogP contribution in [0.5, 0.6) is 5.75 Å². The number of hydrogen-bond donors (Lipinski definition) is 1. The molecule has 0 fully saturated rings. The summed E-state index contributed by atoms with van der Waals surface area (Å²) in [5, 5.41) is 11.2. The molecule has 0 saturated carbocycles. The van der Waals surface area contributed by atoms with Crippen molar-refractivity contribution >= 4 is 0 Å². The lowest BCUT2D eigenvalue weighted by Crippen LogP contribution is -2.30. The monoisotopic (exact) mass is 272 g/mol. The number of nitriles is 1. The van der Waals surface area contributed by atoms with Crippen molar-refractivity contribution < 1.29 is 17.9 Å². The van der Waals surface area contributed by atoms with Gasteiger partial charge in [0.1, 0.15) is 11.8 Å². The maximum Gasteiger partial charge on any atom is 0.390 e. The van der Waals surface area contributed by atoms with Crippen LogP contribution in [0, 0.1) is 11.3 Å². The minimum atomic E-state index is -4.16. The molecule has 0 bridgehead atoms. The Hall–Kier alpha value is -1.74. The first kappa shape index (κ1) is 15.3. The van der Waals surface area contributed by atoms with Gasteiger partial charge in [-0.25, -0.2) is 0 Å². The van der Waals surface area contributed by atoms with Gasteiger partial charge >= 0.3 is 6.18 Å². The molecule has 1 aromatic carbocycles. The molecule has 0 radical (unpaired) electrons. The zero-order valence-electron chi connectivity index (χ0n) is 10.5. The van der Waals surface area contributed by atoms with Gasteiger partial charge in [-0.2, -0.15) is 18.4 Å². The zero-order chi connectivity index (χ0) is 14.3. The van der Waals surface area contributed by atoms with Crippen molar-refractivity contribution in [3.8, 4) is 11.8 Å². The van der Waals surface area contributed by atoms with Crippen LogP contribution in [-0.2, 0) is 6.54 Å². The minimum Gasteiger partial charge on any atom is -0.479 e. The highest BCUT2D eigenvalue weighted by atomic mass is 19.4. The lowest BCUT2D eigenvalue weighted by molar-refractivity contribution is -0.139. The molecule has 0 heterocycles. The molecule has 6 heteroatoms. The van der Waals surface area contributed by atoms with Gasteiger partial charge in [-0.05, 0) is 24.6 Å². The smallest absolute Gasteiger partial charge is 0.390 e. The Morgan fingerprint density at radius 2 is 2.16 bits per heavy atom. The summed E-state index contributed by atoms with van der Waals surface area (Å²) in [5.41, 5.74) is 0.810. The van der Waals surface area contributed by atoms with Gasteiger partial charge in [0.15, 0.2) is 6.61 Å². The van der Waals surface area contributed by atoms with Crippen LogP contribution < -0.4 is 10.1 Å². The molecule has 104 valence electrons. The van der Waals surface area contributed by atoms with E-state index in [0.717, 1.165) is 5.56 Å². The Labute approximate surface area is 110 Å². The average molecular weight is 272 g/mol. The molecule has 1 unspecified atom stereocenters. The van der Waals surface area contributed by atoms with E-state index in [1.54, 1.807) is 24.3 Å². The Bertz CT molecular complexity index is 440. The van der Waals surface area contributed by atoms with Crippen molar-refractivity contribution in [1.82, 2.24) is 5.32 Å². The SMILES string of the molecule is CC(CC(F)(F)F)NCc1cccc(OCC#N)c1. The standard InChI is InChI=1S/C13H15F3N2O/c1-10(8-13(14,15)16)18-9-11-3-2-4-12(7-11)19-6-5-17/h2-4,7,10,18H,6,8-9H2,1H3. The first-order valence-corrected chi connectivity index (χ1v) is 5.79. The van der Waals surface area contributed by atoms with Crippen molar-refractivity contribution in [2.75, 3.05) is 6.61 Å². The predicted molar refractivity (Wildman–Crippen MR) is 64.5 cm³/mol. The highest BCUT2D eigenvalue weighted by molar-refractivity contribution is 5.28. The third kappa shape index (κ3) is 6.67. The Morgan fingerprint density at radius 1 is 1.42 bits per heavy atom. The second kappa shape index (κ2) is 7.00. The van der Waals surface area contributed by atoms with Crippen LogP contribution in [0.4, 0.5) is 13.2 Å². The summed E-state index contributed by atoms with van der Waals surface area (Å²) in [6, 6.07) is 8.11. The second-order valence-electron chi connectivity index (χ2n) is 4.20. The lowest BCUT2D eigenvalue weighted by Gasteiger charge is -2.16. The molecular formula is C13H15F3N2O. The molecule has 0 spiro atoms. The van der Waals surface area contributed by atoms with E-state index in [0.29, 0.717) is 12.3 Å². The molecule has 0 aromatic heterocycles. The van der Waals surface area contributed by atoms with E-state index in [2.05, 4.69) is 5.32 Å². The van der Waals surface area contributed by atoms with E-state index in [4.69, 9.17) is 10.00 Å². The second-order valence-corrected chi connectivity index (χ2v) is 4.20. The number of nitrogens with one attached hydrogen (secondary N) is 1.